The molecule has 1 fully saturated rings. The van der Waals surface area contributed by atoms with Gasteiger partial charge in [-0.05, 0) is 36.2 Å². The highest BCUT2D eigenvalue weighted by atomic mass is 15.1. The lowest BCUT2D eigenvalue weighted by Crippen LogP contribution is -2.21. The van der Waals surface area contributed by atoms with Crippen LogP contribution in [-0.2, 0) is 19.5 Å². The van der Waals surface area contributed by atoms with E-state index in [-0.39, 0.29) is 5.41 Å². The number of nitrogens with zero attached hydrogens (tertiary/aromatic N) is 4. The van der Waals surface area contributed by atoms with Crippen molar-refractivity contribution in [3.8, 4) is 0 Å². The Bertz CT molecular complexity index is 1280. The lowest BCUT2D eigenvalue weighted by molar-refractivity contribution is 0.618. The van der Waals surface area contributed by atoms with Gasteiger partial charge in [0.1, 0.15) is 11.6 Å². The van der Waals surface area contributed by atoms with Crippen LogP contribution in [0, 0.1) is 0 Å². The van der Waals surface area contributed by atoms with Crippen LogP contribution >= 0.6 is 0 Å². The van der Waals surface area contributed by atoms with Gasteiger partial charge in [-0.2, -0.15) is 0 Å². The molecule has 6 rings (SSSR count). The number of imidazole rings is 2. The Balaban J connectivity index is 1.64. The molecule has 0 radical (unpaired) electrons. The largest absolute Gasteiger partial charge is 0.330 e. The molecule has 0 amide bonds. The van der Waals surface area contributed by atoms with Gasteiger partial charge in [0, 0.05) is 20.0 Å². The second-order valence-corrected chi connectivity index (χ2v) is 8.11. The molecule has 4 heteroatoms. The molecule has 4 nitrogen and oxygen atoms in total. The number of hydrogen-bond acceptors (Lipinski definition) is 2. The van der Waals surface area contributed by atoms with E-state index < -0.39 is 0 Å². The zero-order valence-electron chi connectivity index (χ0n) is 16.6. The number of fused-ring (bicyclic) bond motifs is 2. The fourth-order valence-electron chi connectivity index (χ4n) is 5.03. The SMILES string of the molecule is Cn1c(C2(c3nc4ccccc4n3C)CC2c2ccccc2)nc2ccccc21. The van der Waals surface area contributed by atoms with Gasteiger partial charge in [-0.3, -0.25) is 0 Å². The highest BCUT2D eigenvalue weighted by Crippen LogP contribution is 2.63. The first-order chi connectivity index (χ1) is 14.2. The molecule has 5 aromatic rings. The van der Waals surface area contributed by atoms with Crippen LogP contribution in [0.1, 0.15) is 29.6 Å². The van der Waals surface area contributed by atoms with E-state index in [1.165, 1.54) is 16.6 Å². The van der Waals surface area contributed by atoms with E-state index >= 15 is 0 Å². The van der Waals surface area contributed by atoms with E-state index in [0.29, 0.717) is 5.92 Å². The summed E-state index contributed by atoms with van der Waals surface area (Å²) in [7, 11) is 4.27. The molecule has 0 spiro atoms. The van der Waals surface area contributed by atoms with Crippen molar-refractivity contribution in [1.82, 2.24) is 19.1 Å². The van der Waals surface area contributed by atoms with Crippen molar-refractivity contribution in [2.24, 2.45) is 14.1 Å². The second kappa shape index (κ2) is 5.80. The summed E-state index contributed by atoms with van der Waals surface area (Å²) in [5.74, 6) is 2.58. The summed E-state index contributed by atoms with van der Waals surface area (Å²) in [5, 5.41) is 0. The van der Waals surface area contributed by atoms with Crippen molar-refractivity contribution < 1.29 is 0 Å². The van der Waals surface area contributed by atoms with Crippen molar-refractivity contribution in [1.29, 1.82) is 0 Å². The number of aryl methyl sites for hydroxylation is 2. The number of aromatic nitrogens is 4. The van der Waals surface area contributed by atoms with Gasteiger partial charge in [-0.25, -0.2) is 9.97 Å². The fourth-order valence-corrected chi connectivity index (χ4v) is 5.03. The first kappa shape index (κ1) is 16.5. The highest BCUT2D eigenvalue weighted by Gasteiger charge is 2.62. The molecule has 2 aromatic heterocycles. The van der Waals surface area contributed by atoms with Crippen molar-refractivity contribution in [2.45, 2.75) is 17.8 Å². The molecule has 1 saturated carbocycles. The standard InChI is InChI=1S/C25H22N4/c1-28-21-14-8-6-12-19(21)26-23(28)25(16-18(25)17-10-4-3-5-11-17)24-27-20-13-7-9-15-22(20)29(24)2/h3-15,18H,16H2,1-2H3. The van der Waals surface area contributed by atoms with Crippen molar-refractivity contribution in [3.63, 3.8) is 0 Å². The van der Waals surface area contributed by atoms with E-state index in [0.717, 1.165) is 29.1 Å². The third-order valence-corrected chi connectivity index (χ3v) is 6.54. The summed E-state index contributed by atoms with van der Waals surface area (Å²) in [4.78, 5) is 10.2. The van der Waals surface area contributed by atoms with E-state index in [1.54, 1.807) is 0 Å². The normalized spacial score (nSPS) is 17.8. The van der Waals surface area contributed by atoms with Crippen LogP contribution in [-0.4, -0.2) is 19.1 Å². The van der Waals surface area contributed by atoms with Crippen LogP contribution in [0.25, 0.3) is 22.1 Å². The predicted molar refractivity (Wildman–Crippen MR) is 116 cm³/mol. The summed E-state index contributed by atoms with van der Waals surface area (Å²) >= 11 is 0. The van der Waals surface area contributed by atoms with E-state index in [9.17, 15) is 0 Å². The first-order valence-electron chi connectivity index (χ1n) is 10.1. The third-order valence-electron chi connectivity index (χ3n) is 6.54. The van der Waals surface area contributed by atoms with E-state index in [4.69, 9.17) is 9.97 Å². The maximum atomic E-state index is 5.12. The predicted octanol–water partition coefficient (Wildman–Crippen LogP) is 4.93. The van der Waals surface area contributed by atoms with Crippen molar-refractivity contribution in [2.75, 3.05) is 0 Å². The van der Waals surface area contributed by atoms with Gasteiger partial charge in [0.2, 0.25) is 0 Å². The lowest BCUT2D eigenvalue weighted by Gasteiger charge is -2.18. The van der Waals surface area contributed by atoms with Gasteiger partial charge >= 0.3 is 0 Å². The monoisotopic (exact) mass is 378 g/mol. The fraction of sp³-hybridized carbons (Fsp3) is 0.200. The minimum Gasteiger partial charge on any atom is -0.330 e. The van der Waals surface area contributed by atoms with Crippen LogP contribution in [0.5, 0.6) is 0 Å². The quantitative estimate of drug-likeness (QED) is 0.446. The molecule has 1 atom stereocenters. The maximum Gasteiger partial charge on any atom is 0.124 e. The summed E-state index contributed by atoms with van der Waals surface area (Å²) in [5.41, 5.74) is 5.55. The number of benzene rings is 3. The molecule has 0 bridgehead atoms. The Labute approximate surface area is 169 Å². The molecule has 0 aliphatic heterocycles. The lowest BCUT2D eigenvalue weighted by atomic mass is 9.96. The topological polar surface area (TPSA) is 35.6 Å². The Morgan fingerprint density at radius 2 is 1.17 bits per heavy atom. The smallest absolute Gasteiger partial charge is 0.124 e. The molecule has 0 N–H and O–H groups in total. The van der Waals surface area contributed by atoms with Gasteiger partial charge in [0.05, 0.1) is 27.5 Å². The number of para-hydroxylation sites is 4. The average molecular weight is 378 g/mol. The molecule has 2 heterocycles. The second-order valence-electron chi connectivity index (χ2n) is 8.11. The summed E-state index contributed by atoms with van der Waals surface area (Å²) in [6.45, 7) is 0. The van der Waals surface area contributed by atoms with Gasteiger partial charge in [0.15, 0.2) is 0 Å². The maximum absolute atomic E-state index is 5.12. The van der Waals surface area contributed by atoms with Gasteiger partial charge in [0.25, 0.3) is 0 Å². The molecule has 142 valence electrons. The van der Waals surface area contributed by atoms with Crippen LogP contribution < -0.4 is 0 Å². The summed E-state index contributed by atoms with van der Waals surface area (Å²) < 4.78 is 4.52. The van der Waals surface area contributed by atoms with Crippen LogP contribution in [0.3, 0.4) is 0 Å². The Morgan fingerprint density at radius 1 is 0.690 bits per heavy atom. The number of rotatable bonds is 3. The van der Waals surface area contributed by atoms with E-state index in [1.807, 2.05) is 0 Å². The van der Waals surface area contributed by atoms with Crippen LogP contribution in [0.15, 0.2) is 78.9 Å². The first-order valence-corrected chi connectivity index (χ1v) is 10.1. The average Bonchev–Trinajstić information content (AvgIpc) is 3.30. The molecule has 0 saturated heterocycles. The molecular weight excluding hydrogens is 356 g/mol. The highest BCUT2D eigenvalue weighted by molar-refractivity contribution is 5.79. The minimum atomic E-state index is -0.219. The van der Waals surface area contributed by atoms with Crippen LogP contribution in [0.2, 0.25) is 0 Å². The molecule has 29 heavy (non-hydrogen) atoms. The van der Waals surface area contributed by atoms with E-state index in [2.05, 4.69) is 102 Å². The van der Waals surface area contributed by atoms with Gasteiger partial charge in [-0.1, -0.05) is 54.6 Å². The van der Waals surface area contributed by atoms with Crippen molar-refractivity contribution >= 4 is 22.1 Å². The zero-order valence-corrected chi connectivity index (χ0v) is 16.6. The molecule has 1 unspecified atom stereocenters. The zero-order chi connectivity index (χ0) is 19.6. The third kappa shape index (κ3) is 2.20. The molecule has 1 aliphatic carbocycles. The summed E-state index contributed by atoms with van der Waals surface area (Å²) in [6, 6.07) is 27.6. The Morgan fingerprint density at radius 3 is 1.69 bits per heavy atom. The summed E-state index contributed by atoms with van der Waals surface area (Å²) in [6.07, 6.45) is 1.02. The molecule has 1 aliphatic rings. The Kier molecular flexibility index (Phi) is 3.31. The number of hydrogen-bond donors (Lipinski definition) is 0. The molecule has 3 aromatic carbocycles. The van der Waals surface area contributed by atoms with Gasteiger partial charge < -0.3 is 9.13 Å². The van der Waals surface area contributed by atoms with Crippen LogP contribution in [0.4, 0.5) is 0 Å². The Hall–Kier alpha value is -3.40. The molecular formula is C25H22N4. The minimum absolute atomic E-state index is 0.219. The van der Waals surface area contributed by atoms with Crippen molar-refractivity contribution in [3.05, 3.63) is 96.1 Å². The van der Waals surface area contributed by atoms with Gasteiger partial charge in [-0.15, -0.1) is 0 Å².